The zero-order valence-corrected chi connectivity index (χ0v) is 14.1. The number of aromatic nitrogens is 1. The minimum Gasteiger partial charge on any atom is -0.503 e. The van der Waals surface area contributed by atoms with Crippen molar-refractivity contribution in [1.29, 1.82) is 0 Å². The molecular formula is C17H14Cl2N2O3. The molecule has 124 valence electrons. The molecule has 1 aromatic heterocycles. The van der Waals surface area contributed by atoms with Crippen LogP contribution in [0, 0.1) is 0 Å². The number of carbonyl (C=O) groups excluding carboxylic acids is 1. The Hall–Kier alpha value is -2.24. The molecular weight excluding hydrogens is 351 g/mol. The monoisotopic (exact) mass is 364 g/mol. The second kappa shape index (κ2) is 6.71. The summed E-state index contributed by atoms with van der Waals surface area (Å²) in [7, 11) is 0. The molecule has 0 fully saturated rings. The van der Waals surface area contributed by atoms with Crippen LogP contribution in [0.5, 0.6) is 11.5 Å². The van der Waals surface area contributed by atoms with Crippen molar-refractivity contribution >= 4 is 35.2 Å². The van der Waals surface area contributed by atoms with Crippen LogP contribution in [0.1, 0.15) is 16.7 Å². The fourth-order valence-electron chi connectivity index (χ4n) is 2.64. The Kier molecular flexibility index (Phi) is 4.64. The first-order valence-electron chi connectivity index (χ1n) is 7.26. The largest absolute Gasteiger partial charge is 0.503 e. The second-order valence-corrected chi connectivity index (χ2v) is 6.17. The van der Waals surface area contributed by atoms with Crippen molar-refractivity contribution in [1.82, 2.24) is 9.88 Å². The second-order valence-electron chi connectivity index (χ2n) is 5.41. The number of aromatic hydroxyl groups is 2. The number of fused-ring (bicyclic) bond motifs is 1. The molecule has 0 radical (unpaired) electrons. The fourth-order valence-corrected chi connectivity index (χ4v) is 3.20. The van der Waals surface area contributed by atoms with Crippen LogP contribution in [-0.2, 0) is 17.8 Å². The molecule has 3 rings (SSSR count). The molecule has 1 aliphatic rings. The van der Waals surface area contributed by atoms with Crippen LogP contribution in [-0.4, -0.2) is 32.5 Å². The van der Waals surface area contributed by atoms with Crippen molar-refractivity contribution in [3.63, 3.8) is 0 Å². The lowest BCUT2D eigenvalue weighted by Crippen LogP contribution is -2.35. The van der Waals surface area contributed by atoms with Gasteiger partial charge in [-0.1, -0.05) is 29.3 Å². The van der Waals surface area contributed by atoms with E-state index >= 15 is 0 Å². The molecule has 0 spiro atoms. The molecule has 1 aliphatic heterocycles. The smallest absolute Gasteiger partial charge is 0.246 e. The van der Waals surface area contributed by atoms with Gasteiger partial charge in [-0.25, -0.2) is 0 Å². The molecule has 1 aromatic carbocycles. The summed E-state index contributed by atoms with van der Waals surface area (Å²) in [5.74, 6) is -1.05. The van der Waals surface area contributed by atoms with Crippen molar-refractivity contribution in [2.24, 2.45) is 0 Å². The van der Waals surface area contributed by atoms with Crippen LogP contribution >= 0.6 is 23.2 Å². The van der Waals surface area contributed by atoms with Gasteiger partial charge in [0.25, 0.3) is 0 Å². The Labute approximate surface area is 148 Å². The SMILES string of the molecule is O=C(/C=C/c1cccnc1)N1CCc2c(Cl)c(O)c(O)c(Cl)c2C1. The number of phenolic OH excluding ortho intramolecular Hbond substituents is 2. The Morgan fingerprint density at radius 3 is 2.58 bits per heavy atom. The number of carbonyl (C=O) groups is 1. The molecule has 5 nitrogen and oxygen atoms in total. The van der Waals surface area contributed by atoms with E-state index in [-0.39, 0.29) is 22.5 Å². The summed E-state index contributed by atoms with van der Waals surface area (Å²) in [6.07, 6.45) is 6.93. The highest BCUT2D eigenvalue weighted by Crippen LogP contribution is 2.46. The maximum Gasteiger partial charge on any atom is 0.246 e. The van der Waals surface area contributed by atoms with Crippen LogP contribution in [0.15, 0.2) is 30.6 Å². The number of amides is 1. The van der Waals surface area contributed by atoms with Gasteiger partial charge in [0.05, 0.1) is 10.0 Å². The predicted octanol–water partition coefficient (Wildman–Crippen LogP) is 3.40. The highest BCUT2D eigenvalue weighted by atomic mass is 35.5. The first kappa shape index (κ1) is 16.6. The topological polar surface area (TPSA) is 73.7 Å². The van der Waals surface area contributed by atoms with Crippen LogP contribution in [0.4, 0.5) is 0 Å². The normalized spacial score (nSPS) is 14.0. The van der Waals surface area contributed by atoms with Gasteiger partial charge in [-0.2, -0.15) is 0 Å². The van der Waals surface area contributed by atoms with Crippen LogP contribution in [0.25, 0.3) is 6.08 Å². The molecule has 0 saturated heterocycles. The number of phenols is 2. The number of hydrogen-bond donors (Lipinski definition) is 2. The van der Waals surface area contributed by atoms with Crippen molar-refractivity contribution in [3.05, 3.63) is 57.3 Å². The third-order valence-corrected chi connectivity index (χ3v) is 4.74. The summed E-state index contributed by atoms with van der Waals surface area (Å²) in [4.78, 5) is 17.9. The van der Waals surface area contributed by atoms with Crippen LogP contribution < -0.4 is 0 Å². The summed E-state index contributed by atoms with van der Waals surface area (Å²) in [6, 6.07) is 3.64. The van der Waals surface area contributed by atoms with Gasteiger partial charge in [0.15, 0.2) is 11.5 Å². The standard InChI is InChI=1S/C17H14Cl2N2O3/c18-14-11-5-7-21(9-12(11)15(19)17(24)16(14)23)13(22)4-3-10-2-1-6-20-8-10/h1-4,6,8,23-24H,5,7,9H2/b4-3+. The van der Waals surface area contributed by atoms with Gasteiger partial charge in [-0.3, -0.25) is 9.78 Å². The summed E-state index contributed by atoms with van der Waals surface area (Å²) < 4.78 is 0. The number of pyridine rings is 1. The lowest BCUT2D eigenvalue weighted by molar-refractivity contribution is -0.126. The molecule has 0 unspecified atom stereocenters. The lowest BCUT2D eigenvalue weighted by atomic mass is 9.98. The van der Waals surface area contributed by atoms with E-state index in [4.69, 9.17) is 23.2 Å². The molecule has 0 saturated carbocycles. The van der Waals surface area contributed by atoms with Gasteiger partial charge in [0.1, 0.15) is 0 Å². The van der Waals surface area contributed by atoms with Gasteiger partial charge in [0, 0.05) is 31.6 Å². The number of hydrogen-bond acceptors (Lipinski definition) is 4. The van der Waals surface area contributed by atoms with Crippen LogP contribution in [0.2, 0.25) is 10.0 Å². The van der Waals surface area contributed by atoms with E-state index in [1.54, 1.807) is 29.4 Å². The minimum absolute atomic E-state index is 0.0284. The maximum absolute atomic E-state index is 12.4. The van der Waals surface area contributed by atoms with Crippen molar-refractivity contribution in [2.75, 3.05) is 6.54 Å². The summed E-state index contributed by atoms with van der Waals surface area (Å²) in [6.45, 7) is 0.668. The Balaban J connectivity index is 1.82. The minimum atomic E-state index is -0.458. The maximum atomic E-state index is 12.4. The highest BCUT2D eigenvalue weighted by molar-refractivity contribution is 6.36. The quantitative estimate of drug-likeness (QED) is 0.632. The van der Waals surface area contributed by atoms with Gasteiger partial charge < -0.3 is 15.1 Å². The summed E-state index contributed by atoms with van der Waals surface area (Å²) in [5, 5.41) is 19.7. The van der Waals surface area contributed by atoms with Crippen molar-refractivity contribution in [3.8, 4) is 11.5 Å². The third-order valence-electron chi connectivity index (χ3n) is 3.93. The summed E-state index contributed by atoms with van der Waals surface area (Å²) >= 11 is 12.2. The zero-order chi connectivity index (χ0) is 17.3. The van der Waals surface area contributed by atoms with Crippen molar-refractivity contribution in [2.45, 2.75) is 13.0 Å². The lowest BCUT2D eigenvalue weighted by Gasteiger charge is -2.30. The molecule has 7 heteroatoms. The average molecular weight is 365 g/mol. The third kappa shape index (κ3) is 3.05. The molecule has 1 amide bonds. The fraction of sp³-hybridized carbons (Fsp3) is 0.176. The molecule has 2 heterocycles. The van der Waals surface area contributed by atoms with E-state index in [2.05, 4.69) is 4.98 Å². The van der Waals surface area contributed by atoms with E-state index in [0.717, 1.165) is 5.56 Å². The van der Waals surface area contributed by atoms with E-state index in [1.165, 1.54) is 6.08 Å². The highest BCUT2D eigenvalue weighted by Gasteiger charge is 2.27. The Morgan fingerprint density at radius 2 is 1.92 bits per heavy atom. The molecule has 0 atom stereocenters. The molecule has 0 bridgehead atoms. The van der Waals surface area contributed by atoms with Gasteiger partial charge in [-0.15, -0.1) is 0 Å². The van der Waals surface area contributed by atoms with Crippen molar-refractivity contribution < 1.29 is 15.0 Å². The number of nitrogens with zero attached hydrogens (tertiary/aromatic N) is 2. The molecule has 24 heavy (non-hydrogen) atoms. The first-order valence-corrected chi connectivity index (χ1v) is 8.02. The Bertz CT molecular complexity index is 823. The Morgan fingerprint density at radius 1 is 1.21 bits per heavy atom. The number of halogens is 2. The number of rotatable bonds is 2. The van der Waals surface area contributed by atoms with E-state index in [0.29, 0.717) is 24.1 Å². The van der Waals surface area contributed by atoms with E-state index in [9.17, 15) is 15.0 Å². The number of benzene rings is 1. The zero-order valence-electron chi connectivity index (χ0n) is 12.5. The van der Waals surface area contributed by atoms with Gasteiger partial charge in [0.2, 0.25) is 5.91 Å². The predicted molar refractivity (Wildman–Crippen MR) is 92.2 cm³/mol. The van der Waals surface area contributed by atoms with E-state index < -0.39 is 11.5 Å². The first-order chi connectivity index (χ1) is 11.5. The molecule has 2 aromatic rings. The van der Waals surface area contributed by atoms with Crippen LogP contribution in [0.3, 0.4) is 0 Å². The van der Waals surface area contributed by atoms with Gasteiger partial charge in [-0.05, 0) is 35.3 Å². The molecule has 0 aliphatic carbocycles. The van der Waals surface area contributed by atoms with Gasteiger partial charge >= 0.3 is 0 Å². The molecule has 2 N–H and O–H groups in total. The van der Waals surface area contributed by atoms with E-state index in [1.807, 2.05) is 6.07 Å². The average Bonchev–Trinajstić information content (AvgIpc) is 2.63. The summed E-state index contributed by atoms with van der Waals surface area (Å²) in [5.41, 5.74) is 2.05.